The molecule has 0 aliphatic carbocycles. The summed E-state index contributed by atoms with van der Waals surface area (Å²) in [5.74, 6) is -2.54. The minimum atomic E-state index is -2.61. The molecular weight excluding hydrogens is 548 g/mol. The molecule has 152 valence electrons. The van der Waals surface area contributed by atoms with E-state index in [1.807, 2.05) is 0 Å². The standard InChI is InChI=1S/2C7H4Cl2O4S.2Na/c2*8-4-1-3(7(10)11)2-5(6(4)9)14(12)13;;/h2*1-2H,(H,10,11)(H,12,13);;/q;;2*+1/p-2. The Morgan fingerprint density at radius 1 is 0.700 bits per heavy atom. The molecule has 0 heterocycles. The second-order valence-corrected chi connectivity index (χ2v) is 8.01. The van der Waals surface area contributed by atoms with E-state index in [1.165, 1.54) is 0 Å². The van der Waals surface area contributed by atoms with Gasteiger partial charge in [-0.05, 0) is 46.4 Å². The van der Waals surface area contributed by atoms with Crippen molar-refractivity contribution in [3.05, 3.63) is 55.5 Å². The van der Waals surface area contributed by atoms with E-state index in [2.05, 4.69) is 0 Å². The fourth-order valence-corrected chi connectivity index (χ4v) is 3.72. The molecule has 0 amide bonds. The first kappa shape index (κ1) is 32.9. The molecule has 0 saturated carbocycles. The maximum atomic E-state index is 10.6. The number of carbonyl (C=O) groups is 2. The fourth-order valence-electron chi connectivity index (χ4n) is 1.62. The maximum Gasteiger partial charge on any atom is 1.00 e. The Morgan fingerprint density at radius 3 is 1.17 bits per heavy atom. The summed E-state index contributed by atoms with van der Waals surface area (Å²) in [7, 11) is 0. The van der Waals surface area contributed by atoms with Gasteiger partial charge in [-0.25, -0.2) is 9.59 Å². The summed E-state index contributed by atoms with van der Waals surface area (Å²) >= 11 is 17.0. The van der Waals surface area contributed by atoms with Crippen LogP contribution in [-0.4, -0.2) is 39.7 Å². The first-order valence-corrected chi connectivity index (χ1v) is 10.2. The van der Waals surface area contributed by atoms with Crippen LogP contribution in [0.15, 0.2) is 34.1 Å². The van der Waals surface area contributed by atoms with E-state index in [0.717, 1.165) is 24.3 Å². The summed E-state index contributed by atoms with van der Waals surface area (Å²) in [6, 6.07) is 4.06. The third-order valence-corrected chi connectivity index (χ3v) is 6.03. The molecule has 8 nitrogen and oxygen atoms in total. The number of halogens is 4. The molecule has 2 aromatic rings. The van der Waals surface area contributed by atoms with Crippen LogP contribution in [0.5, 0.6) is 0 Å². The third-order valence-electron chi connectivity index (χ3n) is 2.84. The molecule has 2 atom stereocenters. The first-order valence-electron chi connectivity index (χ1n) is 6.50. The van der Waals surface area contributed by atoms with Gasteiger partial charge in [0, 0.05) is 9.79 Å². The quantitative estimate of drug-likeness (QED) is 0.321. The van der Waals surface area contributed by atoms with Crippen LogP contribution in [0.3, 0.4) is 0 Å². The van der Waals surface area contributed by atoms with E-state index in [0.29, 0.717) is 0 Å². The van der Waals surface area contributed by atoms with Crippen molar-refractivity contribution < 1.29 is 96.4 Å². The summed E-state index contributed by atoms with van der Waals surface area (Å²) in [4.78, 5) is 20.4. The van der Waals surface area contributed by atoms with Gasteiger partial charge < -0.3 is 19.3 Å². The monoisotopic (exact) mass is 552 g/mol. The fraction of sp³-hybridized carbons (Fsp3) is 0. The normalized spacial score (nSPS) is 11.7. The summed E-state index contributed by atoms with van der Waals surface area (Å²) < 4.78 is 42.5. The number of carboxylic acid groups (broad SMARTS) is 2. The molecular formula is C14H6Cl4Na2O8S2. The van der Waals surface area contributed by atoms with Crippen molar-refractivity contribution in [2.45, 2.75) is 9.79 Å². The van der Waals surface area contributed by atoms with E-state index in [9.17, 15) is 27.1 Å². The second kappa shape index (κ2) is 14.8. The van der Waals surface area contributed by atoms with Crippen molar-refractivity contribution in [1.29, 1.82) is 0 Å². The summed E-state index contributed by atoms with van der Waals surface area (Å²) in [6.45, 7) is 0. The molecule has 0 bridgehead atoms. The molecule has 30 heavy (non-hydrogen) atoms. The predicted molar refractivity (Wildman–Crippen MR) is 101 cm³/mol. The van der Waals surface area contributed by atoms with Crippen LogP contribution in [0, 0.1) is 0 Å². The molecule has 2 rings (SSSR count). The molecule has 0 radical (unpaired) electrons. The van der Waals surface area contributed by atoms with Gasteiger partial charge in [0.05, 0.1) is 31.2 Å². The Kier molecular flexibility index (Phi) is 16.3. The number of hydrogen-bond donors (Lipinski definition) is 2. The molecule has 2 N–H and O–H groups in total. The minimum absolute atomic E-state index is 0. The molecule has 0 spiro atoms. The maximum absolute atomic E-state index is 10.6. The largest absolute Gasteiger partial charge is 1.00 e. The zero-order chi connectivity index (χ0) is 21.8. The summed E-state index contributed by atoms with van der Waals surface area (Å²) in [5.41, 5.74) is -0.447. The van der Waals surface area contributed by atoms with Crippen molar-refractivity contribution in [2.24, 2.45) is 0 Å². The van der Waals surface area contributed by atoms with E-state index in [1.54, 1.807) is 0 Å². The molecule has 16 heteroatoms. The van der Waals surface area contributed by atoms with Crippen LogP contribution < -0.4 is 59.1 Å². The van der Waals surface area contributed by atoms with Crippen LogP contribution in [-0.2, 0) is 22.2 Å². The Labute approximate surface area is 239 Å². The number of hydrogen-bond acceptors (Lipinski definition) is 6. The zero-order valence-corrected chi connectivity index (χ0v) is 23.6. The number of rotatable bonds is 4. The zero-order valence-electron chi connectivity index (χ0n) is 15.0. The Morgan fingerprint density at radius 2 is 0.967 bits per heavy atom. The number of carboxylic acids is 2. The van der Waals surface area contributed by atoms with Gasteiger partial charge in [0.2, 0.25) is 0 Å². The molecule has 2 aromatic carbocycles. The average Bonchev–Trinajstić information content (AvgIpc) is 2.59. The summed E-state index contributed by atoms with van der Waals surface area (Å²) in [6.07, 6.45) is 0. The third kappa shape index (κ3) is 9.32. The SMILES string of the molecule is O=C(O)c1cc(Cl)c(Cl)c(S(=O)[O-])c1.O=C(O)c1cc(Cl)c(Cl)c(S(=O)[O-])c1.[Na+].[Na+]. The van der Waals surface area contributed by atoms with Crippen molar-refractivity contribution in [1.82, 2.24) is 0 Å². The molecule has 0 saturated heterocycles. The van der Waals surface area contributed by atoms with E-state index >= 15 is 0 Å². The van der Waals surface area contributed by atoms with Gasteiger partial charge >= 0.3 is 71.1 Å². The smallest absolute Gasteiger partial charge is 0.768 e. The molecule has 0 aliphatic heterocycles. The molecule has 0 fully saturated rings. The van der Waals surface area contributed by atoms with Gasteiger partial charge in [0.1, 0.15) is 0 Å². The van der Waals surface area contributed by atoms with Gasteiger partial charge in [0.25, 0.3) is 0 Å². The van der Waals surface area contributed by atoms with Crippen molar-refractivity contribution in [3.8, 4) is 0 Å². The topological polar surface area (TPSA) is 155 Å². The minimum Gasteiger partial charge on any atom is -0.768 e. The van der Waals surface area contributed by atoms with Crippen LogP contribution >= 0.6 is 46.4 Å². The van der Waals surface area contributed by atoms with Crippen molar-refractivity contribution in [3.63, 3.8) is 0 Å². The Balaban J connectivity index is 0. The molecule has 0 aliphatic rings. The number of benzene rings is 2. The first-order chi connectivity index (χ1) is 12.9. The van der Waals surface area contributed by atoms with Gasteiger partial charge in [-0.15, -0.1) is 0 Å². The second-order valence-electron chi connectivity index (χ2n) is 4.62. The summed E-state index contributed by atoms with van der Waals surface area (Å²) in [5, 5.41) is 16.6. The Hall–Kier alpha value is 0.760. The van der Waals surface area contributed by atoms with Crippen LogP contribution in [0.2, 0.25) is 20.1 Å². The van der Waals surface area contributed by atoms with Crippen LogP contribution in [0.4, 0.5) is 0 Å². The number of aromatic carboxylic acids is 2. The van der Waals surface area contributed by atoms with Crippen molar-refractivity contribution in [2.75, 3.05) is 0 Å². The van der Waals surface area contributed by atoms with Gasteiger partial charge in [-0.1, -0.05) is 46.4 Å². The predicted octanol–water partition coefficient (Wildman–Crippen LogP) is -2.13. The Bertz CT molecular complexity index is 927. The molecule has 0 aromatic heterocycles. The van der Waals surface area contributed by atoms with E-state index in [4.69, 9.17) is 56.6 Å². The van der Waals surface area contributed by atoms with E-state index < -0.39 is 34.1 Å². The average molecular weight is 554 g/mol. The van der Waals surface area contributed by atoms with Gasteiger partial charge in [0.15, 0.2) is 0 Å². The van der Waals surface area contributed by atoms with Gasteiger partial charge in [-0.3, -0.25) is 8.42 Å². The van der Waals surface area contributed by atoms with Crippen LogP contribution in [0.1, 0.15) is 20.7 Å². The van der Waals surface area contributed by atoms with E-state index in [-0.39, 0.29) is 100 Å². The van der Waals surface area contributed by atoms with Crippen LogP contribution in [0.25, 0.3) is 0 Å². The van der Waals surface area contributed by atoms with Gasteiger partial charge in [-0.2, -0.15) is 0 Å². The van der Waals surface area contributed by atoms with Crippen molar-refractivity contribution >= 4 is 80.5 Å². The molecule has 2 unspecified atom stereocenters.